The highest BCUT2D eigenvalue weighted by Gasteiger charge is 2.13. The number of ether oxygens (including phenoxy) is 1. The molecule has 2 aromatic carbocycles. The molecular weight excluding hydrogens is 309 g/mol. The Kier molecular flexibility index (Phi) is 4.56. The molecule has 2 rings (SSSR count). The quantitative estimate of drug-likeness (QED) is 0.923. The predicted octanol–water partition coefficient (Wildman–Crippen LogP) is 3.98. The summed E-state index contributed by atoms with van der Waals surface area (Å²) in [6.07, 6.45) is -0.294. The van der Waals surface area contributed by atoms with Gasteiger partial charge in [0.25, 0.3) is 0 Å². The van der Waals surface area contributed by atoms with E-state index in [4.69, 9.17) is 10.5 Å². The first kappa shape index (κ1) is 14.0. The third-order valence-corrected chi connectivity index (χ3v) is 3.35. The van der Waals surface area contributed by atoms with Crippen LogP contribution in [0.1, 0.15) is 17.2 Å². The van der Waals surface area contributed by atoms with E-state index in [2.05, 4.69) is 15.9 Å². The number of benzene rings is 2. The highest BCUT2D eigenvalue weighted by Crippen LogP contribution is 2.26. The van der Waals surface area contributed by atoms with Gasteiger partial charge in [-0.1, -0.05) is 34.1 Å². The first-order valence-corrected chi connectivity index (χ1v) is 6.78. The van der Waals surface area contributed by atoms with Gasteiger partial charge in [0.2, 0.25) is 0 Å². The minimum Gasteiger partial charge on any atom is -0.484 e. The number of nitrogens with two attached hydrogens (primary N) is 1. The number of rotatable bonds is 4. The lowest BCUT2D eigenvalue weighted by atomic mass is 10.1. The van der Waals surface area contributed by atoms with E-state index in [-0.39, 0.29) is 11.9 Å². The molecule has 0 radical (unpaired) electrons. The summed E-state index contributed by atoms with van der Waals surface area (Å²) in [6, 6.07) is 12.2. The van der Waals surface area contributed by atoms with E-state index >= 15 is 0 Å². The van der Waals surface area contributed by atoms with Gasteiger partial charge < -0.3 is 10.5 Å². The van der Waals surface area contributed by atoms with Crippen molar-refractivity contribution in [2.24, 2.45) is 5.73 Å². The van der Waals surface area contributed by atoms with Gasteiger partial charge in [-0.3, -0.25) is 0 Å². The van der Waals surface area contributed by atoms with Gasteiger partial charge in [0.1, 0.15) is 17.7 Å². The Morgan fingerprint density at radius 1 is 1.26 bits per heavy atom. The summed E-state index contributed by atoms with van der Waals surface area (Å²) in [7, 11) is 0. The molecule has 0 aliphatic heterocycles. The molecule has 100 valence electrons. The third-order valence-electron chi connectivity index (χ3n) is 2.85. The Labute approximate surface area is 120 Å². The van der Waals surface area contributed by atoms with Crippen LogP contribution in [0.3, 0.4) is 0 Å². The van der Waals surface area contributed by atoms with Crippen LogP contribution in [0.2, 0.25) is 0 Å². The second-order valence-corrected chi connectivity index (χ2v) is 5.22. The van der Waals surface area contributed by atoms with Gasteiger partial charge in [0.05, 0.1) is 0 Å². The first-order chi connectivity index (χ1) is 9.10. The van der Waals surface area contributed by atoms with E-state index in [9.17, 15) is 4.39 Å². The number of hydrogen-bond acceptors (Lipinski definition) is 2. The molecule has 2 aromatic rings. The number of aryl methyl sites for hydroxylation is 1. The topological polar surface area (TPSA) is 35.2 Å². The van der Waals surface area contributed by atoms with Crippen LogP contribution in [-0.2, 0) is 0 Å². The fraction of sp³-hybridized carbons (Fsp3) is 0.200. The highest BCUT2D eigenvalue weighted by molar-refractivity contribution is 9.10. The van der Waals surface area contributed by atoms with Crippen molar-refractivity contribution in [3.8, 4) is 5.75 Å². The molecule has 0 saturated heterocycles. The molecule has 0 aliphatic carbocycles. The zero-order chi connectivity index (χ0) is 13.8. The maximum Gasteiger partial charge on any atom is 0.136 e. The van der Waals surface area contributed by atoms with E-state index < -0.39 is 0 Å². The maximum atomic E-state index is 13.2. The summed E-state index contributed by atoms with van der Waals surface area (Å²) in [5, 5.41) is 0. The zero-order valence-corrected chi connectivity index (χ0v) is 12.2. The first-order valence-electron chi connectivity index (χ1n) is 5.98. The lowest BCUT2D eigenvalue weighted by Gasteiger charge is -2.19. The Balaban J connectivity index is 2.26. The van der Waals surface area contributed by atoms with Crippen molar-refractivity contribution >= 4 is 15.9 Å². The molecule has 19 heavy (non-hydrogen) atoms. The van der Waals surface area contributed by atoms with Crippen molar-refractivity contribution in [3.05, 3.63) is 63.9 Å². The molecule has 0 bridgehead atoms. The van der Waals surface area contributed by atoms with Gasteiger partial charge in [-0.05, 0) is 36.2 Å². The van der Waals surface area contributed by atoms with E-state index in [1.165, 1.54) is 12.1 Å². The van der Waals surface area contributed by atoms with Crippen LogP contribution in [0.15, 0.2) is 46.9 Å². The molecule has 0 heterocycles. The van der Waals surface area contributed by atoms with Gasteiger partial charge in [0, 0.05) is 17.1 Å². The normalized spacial score (nSPS) is 12.2. The summed E-state index contributed by atoms with van der Waals surface area (Å²) in [6.45, 7) is 2.20. The van der Waals surface area contributed by atoms with Crippen molar-refractivity contribution < 1.29 is 9.13 Å². The lowest BCUT2D eigenvalue weighted by Crippen LogP contribution is -2.18. The summed E-state index contributed by atoms with van der Waals surface area (Å²) >= 11 is 3.41. The average molecular weight is 324 g/mol. The fourth-order valence-corrected chi connectivity index (χ4v) is 2.23. The molecule has 4 heteroatoms. The van der Waals surface area contributed by atoms with Crippen LogP contribution in [0.5, 0.6) is 5.75 Å². The van der Waals surface area contributed by atoms with Crippen molar-refractivity contribution in [1.82, 2.24) is 0 Å². The van der Waals surface area contributed by atoms with Crippen LogP contribution in [0, 0.1) is 12.7 Å². The van der Waals surface area contributed by atoms with E-state index in [0.29, 0.717) is 12.3 Å². The zero-order valence-electron chi connectivity index (χ0n) is 10.6. The molecule has 0 spiro atoms. The maximum absolute atomic E-state index is 13.2. The molecule has 0 fully saturated rings. The monoisotopic (exact) mass is 323 g/mol. The average Bonchev–Trinajstić information content (AvgIpc) is 2.39. The Bertz CT molecular complexity index is 574. The summed E-state index contributed by atoms with van der Waals surface area (Å²) in [5.41, 5.74) is 7.60. The summed E-state index contributed by atoms with van der Waals surface area (Å²) < 4.78 is 20.0. The Hall–Kier alpha value is -1.39. The van der Waals surface area contributed by atoms with Gasteiger partial charge in [-0.25, -0.2) is 4.39 Å². The minimum atomic E-state index is -0.314. The van der Waals surface area contributed by atoms with E-state index in [1.807, 2.05) is 31.2 Å². The molecule has 0 aliphatic rings. The van der Waals surface area contributed by atoms with Crippen LogP contribution in [-0.4, -0.2) is 6.54 Å². The smallest absolute Gasteiger partial charge is 0.136 e. The molecule has 2 nitrogen and oxygen atoms in total. The standard InChI is InChI=1S/C15H15BrFNO/c1-10-5-6-13(17)8-14(10)19-15(9-18)11-3-2-4-12(16)7-11/h2-8,15H,9,18H2,1H3. The second kappa shape index (κ2) is 6.17. The molecule has 2 N–H and O–H groups in total. The van der Waals surface area contributed by atoms with Crippen molar-refractivity contribution in [2.75, 3.05) is 6.54 Å². The van der Waals surface area contributed by atoms with E-state index in [0.717, 1.165) is 15.6 Å². The molecular formula is C15H15BrFNO. The van der Waals surface area contributed by atoms with Crippen molar-refractivity contribution in [1.29, 1.82) is 0 Å². The van der Waals surface area contributed by atoms with Crippen LogP contribution >= 0.6 is 15.9 Å². The van der Waals surface area contributed by atoms with Crippen molar-refractivity contribution in [3.63, 3.8) is 0 Å². The number of halogens is 2. The molecule has 1 atom stereocenters. The lowest BCUT2D eigenvalue weighted by molar-refractivity contribution is 0.212. The SMILES string of the molecule is Cc1ccc(F)cc1OC(CN)c1cccc(Br)c1. The Morgan fingerprint density at radius 2 is 2.05 bits per heavy atom. The highest BCUT2D eigenvalue weighted by atomic mass is 79.9. The Morgan fingerprint density at radius 3 is 2.74 bits per heavy atom. The van der Waals surface area contributed by atoms with Crippen LogP contribution in [0.25, 0.3) is 0 Å². The minimum absolute atomic E-state index is 0.294. The van der Waals surface area contributed by atoms with Gasteiger partial charge >= 0.3 is 0 Å². The molecule has 0 aromatic heterocycles. The number of hydrogen-bond donors (Lipinski definition) is 1. The summed E-state index contributed by atoms with van der Waals surface area (Å²) in [4.78, 5) is 0. The van der Waals surface area contributed by atoms with Crippen molar-refractivity contribution in [2.45, 2.75) is 13.0 Å². The van der Waals surface area contributed by atoms with Gasteiger partial charge in [0.15, 0.2) is 0 Å². The summed E-state index contributed by atoms with van der Waals surface area (Å²) in [5.74, 6) is 0.209. The van der Waals surface area contributed by atoms with E-state index in [1.54, 1.807) is 6.07 Å². The third kappa shape index (κ3) is 3.55. The largest absolute Gasteiger partial charge is 0.484 e. The fourth-order valence-electron chi connectivity index (χ4n) is 1.81. The predicted molar refractivity (Wildman–Crippen MR) is 77.7 cm³/mol. The van der Waals surface area contributed by atoms with Gasteiger partial charge in [-0.2, -0.15) is 0 Å². The molecule has 0 amide bonds. The van der Waals surface area contributed by atoms with Gasteiger partial charge in [-0.15, -0.1) is 0 Å². The van der Waals surface area contributed by atoms with Crippen LogP contribution in [0.4, 0.5) is 4.39 Å². The second-order valence-electron chi connectivity index (χ2n) is 4.31. The van der Waals surface area contributed by atoms with Crippen LogP contribution < -0.4 is 10.5 Å². The molecule has 0 saturated carbocycles. The molecule has 1 unspecified atom stereocenters.